The number of rotatable bonds is 4. The molecule has 0 N–H and O–H groups in total. The molecule has 1 unspecified atom stereocenters. The lowest BCUT2D eigenvalue weighted by Gasteiger charge is -2.39. The van der Waals surface area contributed by atoms with Gasteiger partial charge in [0.05, 0.1) is 11.8 Å². The Hall–Kier alpha value is -1.76. The average molecular weight is 362 g/mol. The van der Waals surface area contributed by atoms with Gasteiger partial charge in [0.25, 0.3) is 0 Å². The molecule has 0 amide bonds. The molecule has 25 heavy (non-hydrogen) atoms. The first-order valence-electron chi connectivity index (χ1n) is 8.35. The molecule has 1 saturated heterocycles. The number of piperazine rings is 1. The lowest BCUT2D eigenvalue weighted by atomic mass is 10.0. The topological polar surface area (TPSA) is 40.6 Å². The van der Waals surface area contributed by atoms with Gasteiger partial charge < -0.3 is 0 Å². The van der Waals surface area contributed by atoms with E-state index in [0.717, 1.165) is 11.1 Å². The summed E-state index contributed by atoms with van der Waals surface area (Å²) in [6, 6.07) is 13.8. The fraction of sp³-hybridized carbons (Fsp3) is 0.368. The molecule has 2 aromatic rings. The van der Waals surface area contributed by atoms with Crippen molar-refractivity contribution in [3.8, 4) is 0 Å². The van der Waals surface area contributed by atoms with E-state index in [-0.39, 0.29) is 24.2 Å². The van der Waals surface area contributed by atoms with Gasteiger partial charge in [0.1, 0.15) is 5.82 Å². The van der Waals surface area contributed by atoms with Crippen molar-refractivity contribution in [1.29, 1.82) is 0 Å². The summed E-state index contributed by atoms with van der Waals surface area (Å²) in [5.41, 5.74) is 2.41. The van der Waals surface area contributed by atoms with Crippen molar-refractivity contribution in [3.05, 3.63) is 71.0 Å². The van der Waals surface area contributed by atoms with E-state index in [1.165, 1.54) is 10.4 Å². The summed E-state index contributed by atoms with van der Waals surface area (Å²) in [5.74, 6) is -0.321. The molecule has 1 aliphatic heterocycles. The number of hydrogen-bond donors (Lipinski definition) is 0. The van der Waals surface area contributed by atoms with Gasteiger partial charge in [-0.05, 0) is 25.6 Å². The maximum absolute atomic E-state index is 14.2. The van der Waals surface area contributed by atoms with Crippen molar-refractivity contribution in [3.63, 3.8) is 0 Å². The molecule has 1 fully saturated rings. The molecule has 6 heteroatoms. The fourth-order valence-corrected chi connectivity index (χ4v) is 4.69. The summed E-state index contributed by atoms with van der Waals surface area (Å²) >= 11 is 0. The first kappa shape index (κ1) is 18.0. The van der Waals surface area contributed by atoms with E-state index in [9.17, 15) is 12.8 Å². The van der Waals surface area contributed by atoms with Gasteiger partial charge in [0, 0.05) is 25.2 Å². The van der Waals surface area contributed by atoms with Gasteiger partial charge in [-0.15, -0.1) is 0 Å². The van der Waals surface area contributed by atoms with E-state index >= 15 is 0 Å². The number of benzene rings is 2. The Morgan fingerprint density at radius 3 is 2.44 bits per heavy atom. The number of sulfonamides is 1. The Bertz CT molecular complexity index is 837. The van der Waals surface area contributed by atoms with Crippen LogP contribution in [0.1, 0.15) is 22.7 Å². The highest BCUT2D eigenvalue weighted by molar-refractivity contribution is 7.88. The van der Waals surface area contributed by atoms with Crippen LogP contribution in [0.4, 0.5) is 4.39 Å². The van der Waals surface area contributed by atoms with Gasteiger partial charge in [-0.2, -0.15) is 4.31 Å². The van der Waals surface area contributed by atoms with Crippen molar-refractivity contribution in [1.82, 2.24) is 9.21 Å². The number of likely N-dealkylation sites (N-methyl/N-ethyl adjacent to an activating group) is 1. The number of aryl methyl sites for hydroxylation is 1. The standard InChI is InChI=1S/C19H23FN2O2S/c1-15-7-9-16(10-8-15)14-25(23,24)22-12-11-21(2)19(13-22)17-5-3-4-6-18(17)20/h3-10,19H,11-14H2,1-2H3. The minimum absolute atomic E-state index is 0.0268. The molecule has 0 radical (unpaired) electrons. The average Bonchev–Trinajstić information content (AvgIpc) is 2.58. The maximum atomic E-state index is 14.2. The normalized spacial score (nSPS) is 19.9. The molecule has 1 aliphatic rings. The van der Waals surface area contributed by atoms with E-state index in [1.54, 1.807) is 18.2 Å². The lowest BCUT2D eigenvalue weighted by Crippen LogP contribution is -2.49. The van der Waals surface area contributed by atoms with Crippen LogP contribution in [0.2, 0.25) is 0 Å². The summed E-state index contributed by atoms with van der Waals surface area (Å²) in [7, 11) is -1.54. The lowest BCUT2D eigenvalue weighted by molar-refractivity contribution is 0.145. The third-order valence-electron chi connectivity index (χ3n) is 4.74. The monoisotopic (exact) mass is 362 g/mol. The SMILES string of the molecule is Cc1ccc(CS(=O)(=O)N2CCN(C)C(c3ccccc3F)C2)cc1. The molecule has 1 atom stereocenters. The zero-order chi connectivity index (χ0) is 18.0. The number of hydrogen-bond acceptors (Lipinski definition) is 3. The van der Waals surface area contributed by atoms with Crippen LogP contribution in [0.25, 0.3) is 0 Å². The van der Waals surface area contributed by atoms with Gasteiger partial charge >= 0.3 is 0 Å². The highest BCUT2D eigenvalue weighted by atomic mass is 32.2. The molecule has 0 saturated carbocycles. The molecule has 2 aromatic carbocycles. The molecule has 134 valence electrons. The fourth-order valence-electron chi connectivity index (χ4n) is 3.17. The maximum Gasteiger partial charge on any atom is 0.218 e. The minimum atomic E-state index is -3.44. The first-order chi connectivity index (χ1) is 11.9. The van der Waals surface area contributed by atoms with Crippen molar-refractivity contribution >= 4 is 10.0 Å². The van der Waals surface area contributed by atoms with Crippen LogP contribution in [-0.4, -0.2) is 44.3 Å². The number of halogens is 1. The Kier molecular flexibility index (Phi) is 5.22. The Morgan fingerprint density at radius 2 is 1.76 bits per heavy atom. The third-order valence-corrected chi connectivity index (χ3v) is 6.55. The second-order valence-electron chi connectivity index (χ2n) is 6.62. The van der Waals surface area contributed by atoms with E-state index in [4.69, 9.17) is 0 Å². The van der Waals surface area contributed by atoms with Crippen molar-refractivity contribution < 1.29 is 12.8 Å². The van der Waals surface area contributed by atoms with E-state index in [0.29, 0.717) is 18.7 Å². The summed E-state index contributed by atoms with van der Waals surface area (Å²) in [6.45, 7) is 3.24. The quantitative estimate of drug-likeness (QED) is 0.840. The van der Waals surface area contributed by atoms with Crippen molar-refractivity contribution in [2.75, 3.05) is 26.7 Å². The number of nitrogens with zero attached hydrogens (tertiary/aromatic N) is 2. The Labute approximate surface area is 148 Å². The van der Waals surface area contributed by atoms with Gasteiger partial charge in [0.2, 0.25) is 10.0 Å². The van der Waals surface area contributed by atoms with Crippen LogP contribution in [0.15, 0.2) is 48.5 Å². The molecular formula is C19H23FN2O2S. The van der Waals surface area contributed by atoms with Crippen molar-refractivity contribution in [2.24, 2.45) is 0 Å². The molecule has 0 aliphatic carbocycles. The molecule has 3 rings (SSSR count). The van der Waals surface area contributed by atoms with E-state index < -0.39 is 10.0 Å². The molecule has 0 aromatic heterocycles. The van der Waals surface area contributed by atoms with Crippen molar-refractivity contribution in [2.45, 2.75) is 18.7 Å². The van der Waals surface area contributed by atoms with Crippen LogP contribution in [-0.2, 0) is 15.8 Å². The van der Waals surface area contributed by atoms with E-state index in [2.05, 4.69) is 0 Å². The first-order valence-corrected chi connectivity index (χ1v) is 9.96. The zero-order valence-electron chi connectivity index (χ0n) is 14.5. The molecular weight excluding hydrogens is 339 g/mol. The Morgan fingerprint density at radius 1 is 1.08 bits per heavy atom. The molecule has 4 nitrogen and oxygen atoms in total. The summed E-state index contributed by atoms with van der Waals surface area (Å²) in [6.07, 6.45) is 0. The largest absolute Gasteiger partial charge is 0.297 e. The van der Waals surface area contributed by atoms with Gasteiger partial charge in [-0.1, -0.05) is 48.0 Å². The van der Waals surface area contributed by atoms with Gasteiger partial charge in [-0.3, -0.25) is 4.90 Å². The second-order valence-corrected chi connectivity index (χ2v) is 8.59. The van der Waals surface area contributed by atoms with Gasteiger partial charge in [0.15, 0.2) is 0 Å². The van der Waals surface area contributed by atoms with Crippen LogP contribution < -0.4 is 0 Å². The summed E-state index contributed by atoms with van der Waals surface area (Å²) in [4.78, 5) is 2.01. The zero-order valence-corrected chi connectivity index (χ0v) is 15.3. The van der Waals surface area contributed by atoms with Crippen LogP contribution in [0, 0.1) is 12.7 Å². The highest BCUT2D eigenvalue weighted by Gasteiger charge is 2.33. The highest BCUT2D eigenvalue weighted by Crippen LogP contribution is 2.28. The van der Waals surface area contributed by atoms with Crippen LogP contribution in [0.5, 0.6) is 0 Å². The molecule has 1 heterocycles. The smallest absolute Gasteiger partial charge is 0.218 e. The van der Waals surface area contributed by atoms with Crippen LogP contribution in [0.3, 0.4) is 0 Å². The predicted octanol–water partition coefficient (Wildman–Crippen LogP) is 2.95. The predicted molar refractivity (Wildman–Crippen MR) is 97.1 cm³/mol. The minimum Gasteiger partial charge on any atom is -0.297 e. The summed E-state index contributed by atoms with van der Waals surface area (Å²) in [5, 5.41) is 0. The molecule has 0 bridgehead atoms. The second kappa shape index (κ2) is 7.23. The third kappa shape index (κ3) is 4.08. The Balaban J connectivity index is 1.80. The molecule has 0 spiro atoms. The van der Waals surface area contributed by atoms with Crippen LogP contribution >= 0.6 is 0 Å². The summed E-state index contributed by atoms with van der Waals surface area (Å²) < 4.78 is 41.3. The van der Waals surface area contributed by atoms with Gasteiger partial charge in [-0.25, -0.2) is 12.8 Å². The van der Waals surface area contributed by atoms with E-state index in [1.807, 2.05) is 43.1 Å².